The van der Waals surface area contributed by atoms with Gasteiger partial charge < -0.3 is 30.3 Å². The van der Waals surface area contributed by atoms with Crippen LogP contribution in [-0.2, 0) is 11.2 Å². The molecule has 1 saturated carbocycles. The molecule has 3 aliphatic heterocycles. The molecule has 8 nitrogen and oxygen atoms in total. The van der Waals surface area contributed by atoms with E-state index in [0.29, 0.717) is 44.2 Å². The van der Waals surface area contributed by atoms with Crippen LogP contribution in [0.15, 0.2) is 24.3 Å². The summed E-state index contributed by atoms with van der Waals surface area (Å²) in [5.41, 5.74) is 6.76. The number of hydrogen-bond acceptors (Lipinski definition) is 5. The number of nitrogens with two attached hydrogens (primary N) is 1. The van der Waals surface area contributed by atoms with Crippen LogP contribution in [0.25, 0.3) is 0 Å². The normalized spacial score (nSPS) is 23.8. The number of alkyl carbamates (subject to hydrolysis) is 1. The van der Waals surface area contributed by atoms with Crippen molar-refractivity contribution in [3.8, 4) is 5.75 Å². The third-order valence-electron chi connectivity index (χ3n) is 6.73. The van der Waals surface area contributed by atoms with Crippen LogP contribution in [0.5, 0.6) is 5.75 Å². The maximum Gasteiger partial charge on any atom is 0.407 e. The minimum atomic E-state index is -0.379. The van der Waals surface area contributed by atoms with E-state index in [0.717, 1.165) is 38.1 Å². The maximum absolute atomic E-state index is 12.6. The molecule has 0 radical (unpaired) electrons. The summed E-state index contributed by atoms with van der Waals surface area (Å²) in [5, 5.41) is 2.82. The molecule has 3 heterocycles. The first-order valence-corrected chi connectivity index (χ1v) is 10.4. The molecule has 5 rings (SSSR count). The fourth-order valence-electron chi connectivity index (χ4n) is 5.44. The van der Waals surface area contributed by atoms with Gasteiger partial charge in [-0.1, -0.05) is 18.2 Å². The number of carbonyl (C=O) groups excluding carboxylic acids is 2. The molecule has 156 valence electrons. The Balaban J connectivity index is 1.07. The summed E-state index contributed by atoms with van der Waals surface area (Å²) in [7, 11) is 0. The Morgan fingerprint density at radius 1 is 1.21 bits per heavy atom. The molecule has 0 unspecified atom stereocenters. The van der Waals surface area contributed by atoms with Crippen LogP contribution >= 0.6 is 0 Å². The zero-order chi connectivity index (χ0) is 20.1. The molecule has 2 spiro atoms. The third kappa shape index (κ3) is 3.29. The van der Waals surface area contributed by atoms with Crippen LogP contribution < -0.4 is 15.8 Å². The molecule has 1 aromatic rings. The van der Waals surface area contributed by atoms with Crippen LogP contribution in [-0.4, -0.2) is 73.4 Å². The summed E-state index contributed by atoms with van der Waals surface area (Å²) < 4.78 is 10.7. The molecule has 4 aliphatic rings. The quantitative estimate of drug-likeness (QED) is 0.774. The van der Waals surface area contributed by atoms with Gasteiger partial charge in [-0.2, -0.15) is 0 Å². The molecule has 29 heavy (non-hydrogen) atoms. The SMILES string of the molecule is NCCOc1ccccc1CC1CC2(C1)CN(C(=O)N1CC3(COC(=O)N3)C1)C2. The Labute approximate surface area is 170 Å². The van der Waals surface area contributed by atoms with Crippen molar-refractivity contribution in [2.24, 2.45) is 17.1 Å². The van der Waals surface area contributed by atoms with E-state index in [1.165, 1.54) is 5.56 Å². The van der Waals surface area contributed by atoms with E-state index in [1.807, 2.05) is 21.9 Å². The number of rotatable bonds is 5. The van der Waals surface area contributed by atoms with Gasteiger partial charge in [-0.25, -0.2) is 9.59 Å². The van der Waals surface area contributed by atoms with Crippen molar-refractivity contribution in [2.45, 2.75) is 24.8 Å². The Morgan fingerprint density at radius 2 is 1.93 bits per heavy atom. The van der Waals surface area contributed by atoms with Gasteiger partial charge in [0.25, 0.3) is 0 Å². The largest absolute Gasteiger partial charge is 0.492 e. The summed E-state index contributed by atoms with van der Waals surface area (Å²) in [6.07, 6.45) is 2.96. The van der Waals surface area contributed by atoms with Crippen molar-refractivity contribution >= 4 is 12.1 Å². The predicted octanol–water partition coefficient (Wildman–Crippen LogP) is 1.19. The van der Waals surface area contributed by atoms with Gasteiger partial charge >= 0.3 is 12.1 Å². The summed E-state index contributed by atoms with van der Waals surface area (Å²) in [6.45, 7) is 4.20. The number of benzene rings is 1. The molecule has 4 fully saturated rings. The second kappa shape index (κ2) is 6.79. The third-order valence-corrected chi connectivity index (χ3v) is 6.73. The lowest BCUT2D eigenvalue weighted by Crippen LogP contribution is -2.74. The van der Waals surface area contributed by atoms with Crippen molar-refractivity contribution in [3.05, 3.63) is 29.8 Å². The van der Waals surface area contributed by atoms with E-state index < -0.39 is 0 Å². The number of likely N-dealkylation sites (tertiary alicyclic amines) is 2. The molecule has 0 aromatic heterocycles. The molecule has 1 aliphatic carbocycles. The van der Waals surface area contributed by atoms with Crippen molar-refractivity contribution in [2.75, 3.05) is 45.9 Å². The van der Waals surface area contributed by atoms with E-state index in [1.54, 1.807) is 0 Å². The molecular weight excluding hydrogens is 372 g/mol. The molecule has 8 heteroatoms. The molecular formula is C21H28N4O4. The van der Waals surface area contributed by atoms with Crippen molar-refractivity contribution < 1.29 is 19.1 Å². The first kappa shape index (κ1) is 18.5. The highest BCUT2D eigenvalue weighted by atomic mass is 16.6. The summed E-state index contributed by atoms with van der Waals surface area (Å²) in [5.74, 6) is 1.59. The van der Waals surface area contributed by atoms with E-state index in [9.17, 15) is 9.59 Å². The lowest BCUT2D eigenvalue weighted by atomic mass is 9.56. The van der Waals surface area contributed by atoms with E-state index >= 15 is 0 Å². The topological polar surface area (TPSA) is 97.1 Å². The highest BCUT2D eigenvalue weighted by Crippen LogP contribution is 2.53. The fourth-order valence-corrected chi connectivity index (χ4v) is 5.44. The van der Waals surface area contributed by atoms with Gasteiger partial charge in [-0.05, 0) is 36.8 Å². The minimum absolute atomic E-state index is 0.0892. The second-order valence-corrected chi connectivity index (χ2v) is 9.20. The summed E-state index contributed by atoms with van der Waals surface area (Å²) in [4.78, 5) is 27.6. The van der Waals surface area contributed by atoms with Crippen LogP contribution in [0.1, 0.15) is 18.4 Å². The molecule has 3 amide bonds. The van der Waals surface area contributed by atoms with Gasteiger partial charge in [0, 0.05) is 25.0 Å². The number of nitrogens with zero attached hydrogens (tertiary/aromatic N) is 2. The highest BCUT2D eigenvalue weighted by Gasteiger charge is 2.57. The average molecular weight is 400 g/mol. The van der Waals surface area contributed by atoms with Crippen molar-refractivity contribution in [1.29, 1.82) is 0 Å². The van der Waals surface area contributed by atoms with Crippen molar-refractivity contribution in [1.82, 2.24) is 15.1 Å². The van der Waals surface area contributed by atoms with Crippen LogP contribution in [0, 0.1) is 11.3 Å². The average Bonchev–Trinajstić information content (AvgIpc) is 3.02. The zero-order valence-electron chi connectivity index (χ0n) is 16.6. The van der Waals surface area contributed by atoms with Crippen molar-refractivity contribution in [3.63, 3.8) is 0 Å². The van der Waals surface area contributed by atoms with Gasteiger partial charge in [0.2, 0.25) is 0 Å². The smallest absolute Gasteiger partial charge is 0.407 e. The predicted molar refractivity (Wildman–Crippen MR) is 106 cm³/mol. The minimum Gasteiger partial charge on any atom is -0.492 e. The lowest BCUT2D eigenvalue weighted by Gasteiger charge is -2.61. The van der Waals surface area contributed by atoms with Crippen LogP contribution in [0.3, 0.4) is 0 Å². The Morgan fingerprint density at radius 3 is 2.62 bits per heavy atom. The van der Waals surface area contributed by atoms with Gasteiger partial charge in [0.05, 0.1) is 13.1 Å². The summed E-state index contributed by atoms with van der Waals surface area (Å²) in [6, 6.07) is 8.29. The van der Waals surface area contributed by atoms with E-state index in [4.69, 9.17) is 15.2 Å². The Hall–Kier alpha value is -2.48. The molecule has 0 bridgehead atoms. The number of ether oxygens (including phenoxy) is 2. The standard InChI is InChI=1S/C21H28N4O4/c22-5-6-28-17-4-2-1-3-16(17)7-15-8-20(9-15)10-24(11-20)19(27)25-12-21(13-25)14-29-18(26)23-21/h1-4,15H,5-14,22H2,(H,23,26). The Kier molecular flexibility index (Phi) is 4.34. The molecule has 0 atom stereocenters. The highest BCUT2D eigenvalue weighted by molar-refractivity contribution is 5.78. The molecule has 3 N–H and O–H groups in total. The lowest BCUT2D eigenvalue weighted by molar-refractivity contribution is -0.0827. The number of carbonyl (C=O) groups is 2. The number of para-hydroxylation sites is 1. The van der Waals surface area contributed by atoms with Gasteiger partial charge in [-0.15, -0.1) is 0 Å². The second-order valence-electron chi connectivity index (χ2n) is 9.20. The first-order valence-electron chi connectivity index (χ1n) is 10.4. The van der Waals surface area contributed by atoms with E-state index in [-0.39, 0.29) is 17.7 Å². The number of cyclic esters (lactones) is 1. The number of urea groups is 1. The monoisotopic (exact) mass is 400 g/mol. The van der Waals surface area contributed by atoms with E-state index in [2.05, 4.69) is 17.4 Å². The zero-order valence-corrected chi connectivity index (χ0v) is 16.6. The van der Waals surface area contributed by atoms with Gasteiger partial charge in [0.15, 0.2) is 0 Å². The van der Waals surface area contributed by atoms with Gasteiger partial charge in [-0.3, -0.25) is 0 Å². The molecule has 1 aromatic carbocycles. The van der Waals surface area contributed by atoms with Crippen LogP contribution in [0.4, 0.5) is 9.59 Å². The fraction of sp³-hybridized carbons (Fsp3) is 0.619. The van der Waals surface area contributed by atoms with Crippen LogP contribution in [0.2, 0.25) is 0 Å². The molecule has 3 saturated heterocycles. The number of hydrogen-bond donors (Lipinski definition) is 2. The first-order chi connectivity index (χ1) is 14.0. The number of amides is 3. The summed E-state index contributed by atoms with van der Waals surface area (Å²) >= 11 is 0. The van der Waals surface area contributed by atoms with Gasteiger partial charge in [0.1, 0.15) is 24.5 Å². The number of nitrogens with one attached hydrogen (secondary N) is 1. The maximum atomic E-state index is 12.6. The Bertz CT molecular complexity index is 809.